The lowest BCUT2D eigenvalue weighted by molar-refractivity contribution is -0.114. The number of carbonyl (C=O) groups is 1. The van der Waals surface area contributed by atoms with Gasteiger partial charge in [0, 0.05) is 32.2 Å². The fourth-order valence-corrected chi connectivity index (χ4v) is 7.15. The summed E-state index contributed by atoms with van der Waals surface area (Å²) in [4.78, 5) is 12.7. The zero-order chi connectivity index (χ0) is 27.1. The molecule has 2 heteroatoms. The summed E-state index contributed by atoms with van der Waals surface area (Å²) in [5.41, 5.74) is 3.70. The molecular formula is C37H48OS. The Kier molecular flexibility index (Phi) is 12.6. The molecule has 0 spiro atoms. The molecule has 0 radical (unpaired) electrons. The predicted octanol–water partition coefficient (Wildman–Crippen LogP) is 12.4. The monoisotopic (exact) mass is 540 g/mol. The van der Waals surface area contributed by atoms with Gasteiger partial charge >= 0.3 is 0 Å². The van der Waals surface area contributed by atoms with Gasteiger partial charge in [0.2, 0.25) is 0 Å². The number of thiophene rings is 1. The van der Waals surface area contributed by atoms with Crippen LogP contribution in [0.25, 0.3) is 37.4 Å². The molecule has 1 aromatic carbocycles. The summed E-state index contributed by atoms with van der Waals surface area (Å²) in [6.45, 7) is 2.29. The normalized spacial score (nSPS) is 11.9. The molecule has 0 saturated carbocycles. The van der Waals surface area contributed by atoms with E-state index in [1.165, 1.54) is 133 Å². The van der Waals surface area contributed by atoms with Crippen molar-refractivity contribution in [1.82, 2.24) is 0 Å². The lowest BCUT2D eigenvalue weighted by Crippen LogP contribution is -1.92. The summed E-state index contributed by atoms with van der Waals surface area (Å²) in [6, 6.07) is 19.3. The zero-order valence-corrected chi connectivity index (χ0v) is 25.0. The van der Waals surface area contributed by atoms with Crippen molar-refractivity contribution in [3.63, 3.8) is 0 Å². The van der Waals surface area contributed by atoms with E-state index in [1.54, 1.807) is 0 Å². The predicted molar refractivity (Wildman–Crippen MR) is 174 cm³/mol. The van der Waals surface area contributed by atoms with Gasteiger partial charge < -0.3 is 0 Å². The summed E-state index contributed by atoms with van der Waals surface area (Å²) < 4.78 is 2.64. The van der Waals surface area contributed by atoms with Crippen LogP contribution in [0, 0.1) is 0 Å². The molecule has 0 bridgehead atoms. The smallest absolute Gasteiger partial charge is 0.155 e. The van der Waals surface area contributed by atoms with Crippen molar-refractivity contribution in [1.29, 1.82) is 0 Å². The number of carbonyl (C=O) groups excluding carboxylic acids is 1. The number of hydrogen-bond acceptors (Lipinski definition) is 2. The Bertz CT molecular complexity index is 1280. The van der Waals surface area contributed by atoms with Gasteiger partial charge in [0.25, 0.3) is 0 Å². The molecule has 1 nitrogen and oxygen atoms in total. The van der Waals surface area contributed by atoms with E-state index in [-0.39, 0.29) is 5.78 Å². The van der Waals surface area contributed by atoms with Crippen LogP contribution >= 0.6 is 11.3 Å². The van der Waals surface area contributed by atoms with Crippen molar-refractivity contribution in [3.05, 3.63) is 66.2 Å². The van der Waals surface area contributed by atoms with Crippen molar-refractivity contribution in [2.75, 3.05) is 0 Å². The molecule has 2 aromatic rings. The van der Waals surface area contributed by atoms with Gasteiger partial charge in [-0.25, -0.2) is 0 Å². The lowest BCUT2D eigenvalue weighted by Gasteiger charge is -2.03. The first kappa shape index (κ1) is 29.5. The minimum Gasteiger partial charge on any atom is -0.295 e. The van der Waals surface area contributed by atoms with Crippen LogP contribution < -0.4 is 0 Å². The van der Waals surface area contributed by atoms with Crippen molar-refractivity contribution in [3.8, 4) is 11.1 Å². The SMILES string of the molecule is CCCCCCCCCCCCCCCCCCC(=O)/C=C/c1c2cccccc-2c2sc3ccccc3c12. The topological polar surface area (TPSA) is 17.1 Å². The molecule has 1 aromatic heterocycles. The van der Waals surface area contributed by atoms with Gasteiger partial charge in [0.05, 0.1) is 0 Å². The van der Waals surface area contributed by atoms with Crippen LogP contribution in [0.15, 0.2) is 60.7 Å². The number of fused-ring (bicyclic) bond motifs is 5. The van der Waals surface area contributed by atoms with Crippen molar-refractivity contribution in [2.24, 2.45) is 0 Å². The van der Waals surface area contributed by atoms with Crippen molar-refractivity contribution in [2.45, 2.75) is 116 Å². The average molecular weight is 541 g/mol. The number of hydrogen-bond donors (Lipinski definition) is 0. The van der Waals surface area contributed by atoms with Gasteiger partial charge in [-0.1, -0.05) is 158 Å². The fraction of sp³-hybridized carbons (Fsp3) is 0.486. The summed E-state index contributed by atoms with van der Waals surface area (Å²) in [7, 11) is 0. The van der Waals surface area contributed by atoms with Crippen LogP contribution in [0.1, 0.15) is 122 Å². The minimum absolute atomic E-state index is 0.253. The molecule has 0 N–H and O–H groups in total. The standard InChI is InChI=1S/C37H48OS/c1-2-3-4-5-6-7-8-9-10-11-12-13-14-15-16-18-23-30(38)28-29-32-31-24-19-17-20-25-33(31)37-36(32)34-26-21-22-27-35(34)39-37/h17,19-22,24-29H,2-16,18,23H2,1H3/b29-28+. The van der Waals surface area contributed by atoms with E-state index in [2.05, 4.69) is 67.6 Å². The van der Waals surface area contributed by atoms with Gasteiger partial charge in [0.1, 0.15) is 0 Å². The molecular weight excluding hydrogens is 492 g/mol. The number of allylic oxidation sites excluding steroid dienone is 1. The Morgan fingerprint density at radius 3 is 1.82 bits per heavy atom. The summed E-state index contributed by atoms with van der Waals surface area (Å²) in [5, 5.41) is 2.59. The Hall–Kier alpha value is -2.45. The maximum absolute atomic E-state index is 12.7. The molecule has 0 aliphatic heterocycles. The van der Waals surface area contributed by atoms with Gasteiger partial charge in [-0.2, -0.15) is 0 Å². The molecule has 0 saturated heterocycles. The van der Waals surface area contributed by atoms with Gasteiger partial charge in [-0.15, -0.1) is 11.3 Å². The second-order valence-corrected chi connectivity index (χ2v) is 12.4. The van der Waals surface area contributed by atoms with Gasteiger partial charge in [-0.3, -0.25) is 4.79 Å². The molecule has 0 amide bonds. The quantitative estimate of drug-likeness (QED) is 0.0853. The Morgan fingerprint density at radius 1 is 0.641 bits per heavy atom. The first-order chi connectivity index (χ1) is 19.3. The third kappa shape index (κ3) is 8.77. The molecule has 0 atom stereocenters. The van der Waals surface area contributed by atoms with E-state index in [0.29, 0.717) is 6.42 Å². The van der Waals surface area contributed by atoms with Crippen LogP contribution in [0.2, 0.25) is 0 Å². The molecule has 0 fully saturated rings. The number of benzene rings is 1. The Labute approximate surface area is 241 Å². The average Bonchev–Trinajstić information content (AvgIpc) is 3.34. The second kappa shape index (κ2) is 16.6. The first-order valence-corrected chi connectivity index (χ1v) is 16.6. The largest absolute Gasteiger partial charge is 0.295 e. The third-order valence-corrected chi connectivity index (χ3v) is 9.35. The van der Waals surface area contributed by atoms with Crippen LogP contribution in [-0.2, 0) is 4.79 Å². The van der Waals surface area contributed by atoms with Crippen molar-refractivity contribution < 1.29 is 4.79 Å². The molecule has 1 heterocycles. The van der Waals surface area contributed by atoms with E-state index in [0.717, 1.165) is 6.42 Å². The molecule has 4 rings (SSSR count). The Morgan fingerprint density at radius 2 is 1.18 bits per heavy atom. The van der Waals surface area contributed by atoms with Crippen LogP contribution in [0.5, 0.6) is 0 Å². The summed E-state index contributed by atoms with van der Waals surface area (Å²) >= 11 is 1.86. The zero-order valence-electron chi connectivity index (χ0n) is 24.2. The van der Waals surface area contributed by atoms with Crippen LogP contribution in [0.4, 0.5) is 0 Å². The third-order valence-electron chi connectivity index (χ3n) is 8.15. The lowest BCUT2D eigenvalue weighted by atomic mass is 10.0. The number of ketones is 1. The molecule has 39 heavy (non-hydrogen) atoms. The van der Waals surface area contributed by atoms with E-state index >= 15 is 0 Å². The van der Waals surface area contributed by atoms with E-state index in [1.807, 2.05) is 17.4 Å². The molecule has 2 aliphatic carbocycles. The van der Waals surface area contributed by atoms with Gasteiger partial charge in [-0.05, 0) is 29.7 Å². The highest BCUT2D eigenvalue weighted by Crippen LogP contribution is 2.47. The van der Waals surface area contributed by atoms with Crippen LogP contribution in [-0.4, -0.2) is 5.78 Å². The molecule has 2 aliphatic rings. The maximum Gasteiger partial charge on any atom is 0.155 e. The van der Waals surface area contributed by atoms with E-state index in [9.17, 15) is 4.79 Å². The fourth-order valence-electron chi connectivity index (χ4n) is 5.90. The summed E-state index contributed by atoms with van der Waals surface area (Å²) in [6.07, 6.45) is 26.3. The van der Waals surface area contributed by atoms with Crippen molar-refractivity contribution >= 4 is 43.4 Å². The molecule has 208 valence electrons. The number of unbranched alkanes of at least 4 members (excludes halogenated alkanes) is 15. The Balaban J connectivity index is 1.13. The van der Waals surface area contributed by atoms with E-state index < -0.39 is 0 Å². The van der Waals surface area contributed by atoms with E-state index in [4.69, 9.17) is 0 Å². The second-order valence-electron chi connectivity index (χ2n) is 11.3. The maximum atomic E-state index is 12.7. The summed E-state index contributed by atoms with van der Waals surface area (Å²) in [5.74, 6) is 0.253. The first-order valence-electron chi connectivity index (χ1n) is 15.8. The highest BCUT2D eigenvalue weighted by molar-refractivity contribution is 7.26. The highest BCUT2D eigenvalue weighted by Gasteiger charge is 2.19. The molecule has 0 unspecified atom stereocenters. The number of rotatable bonds is 19. The minimum atomic E-state index is 0.253. The highest BCUT2D eigenvalue weighted by atomic mass is 32.1. The van der Waals surface area contributed by atoms with Crippen LogP contribution in [0.3, 0.4) is 0 Å². The van der Waals surface area contributed by atoms with Gasteiger partial charge in [0.15, 0.2) is 5.78 Å².